The topological polar surface area (TPSA) is 41.6 Å². The molecular formula is C16H15Cl2N3. The summed E-state index contributed by atoms with van der Waals surface area (Å²) in [4.78, 5) is 6.40. The van der Waals surface area contributed by atoms with E-state index in [1.165, 1.54) is 5.56 Å². The lowest BCUT2D eigenvalue weighted by Gasteiger charge is -2.27. The second kappa shape index (κ2) is 5.58. The van der Waals surface area contributed by atoms with Crippen molar-refractivity contribution in [2.24, 2.45) is 10.7 Å². The van der Waals surface area contributed by atoms with Crippen LogP contribution in [0.5, 0.6) is 0 Å². The molecule has 5 heteroatoms. The Kier molecular flexibility index (Phi) is 3.79. The highest BCUT2D eigenvalue weighted by Crippen LogP contribution is 2.34. The van der Waals surface area contributed by atoms with E-state index >= 15 is 0 Å². The first-order valence-corrected chi connectivity index (χ1v) is 7.42. The minimum atomic E-state index is 0.0440. The summed E-state index contributed by atoms with van der Waals surface area (Å²) in [6.07, 6.45) is 0. The maximum atomic E-state index is 6.12. The molecule has 2 N–H and O–H groups in total. The molecule has 108 valence electrons. The number of nitrogens with zero attached hydrogens (tertiary/aromatic N) is 2. The van der Waals surface area contributed by atoms with Gasteiger partial charge in [0, 0.05) is 5.69 Å². The number of halogens is 2. The van der Waals surface area contributed by atoms with Crippen molar-refractivity contribution in [3.8, 4) is 0 Å². The maximum absolute atomic E-state index is 6.12. The van der Waals surface area contributed by atoms with Crippen LogP contribution in [-0.2, 0) is 0 Å². The summed E-state index contributed by atoms with van der Waals surface area (Å²) in [5.74, 6) is 0.523. The van der Waals surface area contributed by atoms with Crippen LogP contribution >= 0.6 is 23.2 Å². The maximum Gasteiger partial charge on any atom is 0.196 e. The highest BCUT2D eigenvalue weighted by molar-refractivity contribution is 6.42. The Morgan fingerprint density at radius 1 is 1.10 bits per heavy atom. The summed E-state index contributed by atoms with van der Waals surface area (Å²) >= 11 is 12.1. The fourth-order valence-electron chi connectivity index (χ4n) is 2.49. The van der Waals surface area contributed by atoms with Gasteiger partial charge >= 0.3 is 0 Å². The Labute approximate surface area is 134 Å². The van der Waals surface area contributed by atoms with Crippen molar-refractivity contribution in [3.05, 3.63) is 63.6 Å². The van der Waals surface area contributed by atoms with E-state index < -0.39 is 0 Å². The summed E-state index contributed by atoms with van der Waals surface area (Å²) in [6.45, 7) is 2.67. The summed E-state index contributed by atoms with van der Waals surface area (Å²) < 4.78 is 0. The van der Waals surface area contributed by atoms with Crippen molar-refractivity contribution in [2.75, 3.05) is 11.4 Å². The number of guanidine groups is 1. The molecule has 0 radical (unpaired) electrons. The van der Waals surface area contributed by atoms with Gasteiger partial charge in [-0.05, 0) is 36.8 Å². The van der Waals surface area contributed by atoms with Crippen molar-refractivity contribution in [2.45, 2.75) is 13.0 Å². The molecule has 0 saturated heterocycles. The fourth-order valence-corrected chi connectivity index (χ4v) is 2.80. The van der Waals surface area contributed by atoms with Gasteiger partial charge in [0.25, 0.3) is 0 Å². The van der Waals surface area contributed by atoms with Gasteiger partial charge in [0.2, 0.25) is 0 Å². The monoisotopic (exact) mass is 319 g/mol. The first-order chi connectivity index (χ1) is 10.1. The predicted molar refractivity (Wildman–Crippen MR) is 89.4 cm³/mol. The second-order valence-corrected chi connectivity index (χ2v) is 5.91. The van der Waals surface area contributed by atoms with Crippen molar-refractivity contribution in [1.82, 2.24) is 0 Å². The molecule has 0 bridgehead atoms. The summed E-state index contributed by atoms with van der Waals surface area (Å²) in [7, 11) is 0. The van der Waals surface area contributed by atoms with E-state index in [1.54, 1.807) is 6.07 Å². The molecule has 1 aliphatic rings. The minimum absolute atomic E-state index is 0.0440. The first-order valence-electron chi connectivity index (χ1n) is 6.67. The van der Waals surface area contributed by atoms with Crippen LogP contribution in [0.4, 0.5) is 5.69 Å². The Hall–Kier alpha value is -1.71. The predicted octanol–water partition coefficient (Wildman–Crippen LogP) is 4.18. The van der Waals surface area contributed by atoms with Gasteiger partial charge in [-0.15, -0.1) is 0 Å². The molecule has 1 unspecified atom stereocenters. The lowest BCUT2D eigenvalue weighted by Crippen LogP contribution is -2.36. The number of nitrogens with two attached hydrogens (primary N) is 1. The number of rotatable bonds is 2. The normalized spacial score (nSPS) is 18.0. The molecule has 3 rings (SSSR count). The van der Waals surface area contributed by atoms with Gasteiger partial charge in [0.1, 0.15) is 0 Å². The Balaban J connectivity index is 1.98. The smallest absolute Gasteiger partial charge is 0.196 e. The number of hydrogen-bond acceptors (Lipinski definition) is 3. The zero-order valence-corrected chi connectivity index (χ0v) is 13.1. The molecule has 1 heterocycles. The van der Waals surface area contributed by atoms with Crippen LogP contribution in [0, 0.1) is 6.92 Å². The van der Waals surface area contributed by atoms with Crippen LogP contribution in [-0.4, -0.2) is 12.5 Å². The number of anilines is 1. The fraction of sp³-hybridized carbons (Fsp3) is 0.188. The van der Waals surface area contributed by atoms with Crippen LogP contribution in [0.25, 0.3) is 0 Å². The molecule has 2 aromatic rings. The molecular weight excluding hydrogens is 305 g/mol. The first kappa shape index (κ1) is 14.2. The molecule has 0 aliphatic carbocycles. The van der Waals surface area contributed by atoms with Crippen LogP contribution in [0.1, 0.15) is 17.2 Å². The summed E-state index contributed by atoms with van der Waals surface area (Å²) in [6, 6.07) is 13.9. The highest BCUT2D eigenvalue weighted by Gasteiger charge is 2.29. The van der Waals surface area contributed by atoms with E-state index in [1.807, 2.05) is 29.2 Å². The van der Waals surface area contributed by atoms with Crippen molar-refractivity contribution in [1.29, 1.82) is 0 Å². The lowest BCUT2D eigenvalue weighted by molar-refractivity contribution is 0.769. The van der Waals surface area contributed by atoms with Gasteiger partial charge < -0.3 is 10.6 Å². The zero-order chi connectivity index (χ0) is 15.0. The highest BCUT2D eigenvalue weighted by atomic mass is 35.5. The third kappa shape index (κ3) is 2.71. The molecule has 0 saturated carbocycles. The Morgan fingerprint density at radius 3 is 2.48 bits per heavy atom. The minimum Gasteiger partial charge on any atom is -0.369 e. The van der Waals surface area contributed by atoms with Crippen LogP contribution in [0.2, 0.25) is 10.0 Å². The van der Waals surface area contributed by atoms with E-state index in [4.69, 9.17) is 28.9 Å². The Morgan fingerprint density at radius 2 is 1.81 bits per heavy atom. The standard InChI is InChI=1S/C16H15Cl2N3/c1-10-2-5-12(6-3-10)21-15(9-20-16(21)19)11-4-7-13(17)14(18)8-11/h2-8,15H,9H2,1H3,(H2,19,20). The van der Waals surface area contributed by atoms with Gasteiger partial charge in [0.05, 0.1) is 22.6 Å². The van der Waals surface area contributed by atoms with E-state index in [0.717, 1.165) is 11.3 Å². The van der Waals surface area contributed by atoms with Crippen LogP contribution in [0.3, 0.4) is 0 Å². The lowest BCUT2D eigenvalue weighted by atomic mass is 10.1. The van der Waals surface area contributed by atoms with Gasteiger partial charge in [-0.1, -0.05) is 47.0 Å². The number of aliphatic imine (C=N–C) groups is 1. The summed E-state index contributed by atoms with van der Waals surface area (Å²) in [5.41, 5.74) is 9.34. The van der Waals surface area contributed by atoms with Gasteiger partial charge in [-0.2, -0.15) is 0 Å². The van der Waals surface area contributed by atoms with Crippen molar-refractivity contribution < 1.29 is 0 Å². The number of benzene rings is 2. The van der Waals surface area contributed by atoms with Crippen LogP contribution in [0.15, 0.2) is 47.5 Å². The molecule has 21 heavy (non-hydrogen) atoms. The molecule has 0 aromatic heterocycles. The molecule has 3 nitrogen and oxygen atoms in total. The quantitative estimate of drug-likeness (QED) is 0.902. The SMILES string of the molecule is Cc1ccc(N2C(N)=NCC2c2ccc(Cl)c(Cl)c2)cc1. The molecule has 0 spiro atoms. The molecule has 2 aromatic carbocycles. The second-order valence-electron chi connectivity index (χ2n) is 5.09. The third-order valence-electron chi connectivity index (χ3n) is 3.63. The third-order valence-corrected chi connectivity index (χ3v) is 4.36. The largest absolute Gasteiger partial charge is 0.369 e. The van der Waals surface area contributed by atoms with E-state index in [2.05, 4.69) is 24.0 Å². The Bertz CT molecular complexity index is 695. The zero-order valence-electron chi connectivity index (χ0n) is 11.6. The number of aryl methyl sites for hydroxylation is 1. The van der Waals surface area contributed by atoms with E-state index in [9.17, 15) is 0 Å². The van der Waals surface area contributed by atoms with Crippen molar-refractivity contribution in [3.63, 3.8) is 0 Å². The van der Waals surface area contributed by atoms with E-state index in [-0.39, 0.29) is 6.04 Å². The summed E-state index contributed by atoms with van der Waals surface area (Å²) in [5, 5.41) is 1.10. The van der Waals surface area contributed by atoms with Gasteiger partial charge in [-0.3, -0.25) is 4.99 Å². The van der Waals surface area contributed by atoms with Gasteiger partial charge in [0.15, 0.2) is 5.96 Å². The molecule has 1 aliphatic heterocycles. The molecule has 0 amide bonds. The van der Waals surface area contributed by atoms with Crippen LogP contribution < -0.4 is 10.6 Å². The number of hydrogen-bond donors (Lipinski definition) is 1. The van der Waals surface area contributed by atoms with Gasteiger partial charge in [-0.25, -0.2) is 0 Å². The van der Waals surface area contributed by atoms with Crippen molar-refractivity contribution >= 4 is 34.8 Å². The van der Waals surface area contributed by atoms with E-state index in [0.29, 0.717) is 22.5 Å². The molecule has 1 atom stereocenters. The average Bonchev–Trinajstić information content (AvgIpc) is 2.85. The average molecular weight is 320 g/mol. The molecule has 0 fully saturated rings.